The Kier molecular flexibility index (Phi) is 3.11. The van der Waals surface area contributed by atoms with E-state index in [1.54, 1.807) is 5.57 Å². The van der Waals surface area contributed by atoms with Crippen molar-refractivity contribution in [1.29, 1.82) is 0 Å². The van der Waals surface area contributed by atoms with Gasteiger partial charge in [0.05, 0.1) is 12.4 Å². The van der Waals surface area contributed by atoms with Gasteiger partial charge in [-0.15, -0.1) is 0 Å². The Morgan fingerprint density at radius 1 is 1.00 bits per heavy atom. The number of rotatable bonds is 1. The summed E-state index contributed by atoms with van der Waals surface area (Å²) in [5.74, 6) is 0.789. The summed E-state index contributed by atoms with van der Waals surface area (Å²) in [6.07, 6.45) is 8.90. The van der Waals surface area contributed by atoms with Crippen LogP contribution in [0.25, 0.3) is 0 Å². The van der Waals surface area contributed by atoms with Crippen LogP contribution in [0.15, 0.2) is 35.7 Å². The molecule has 1 aliphatic carbocycles. The van der Waals surface area contributed by atoms with Crippen LogP contribution in [0, 0.1) is 26.7 Å². The summed E-state index contributed by atoms with van der Waals surface area (Å²) in [6.45, 7) is 10.0. The van der Waals surface area contributed by atoms with Crippen molar-refractivity contribution < 1.29 is 0 Å². The molecule has 0 radical (unpaired) electrons. The fraction of sp³-hybridized carbons (Fsp3) is 0.500. The third-order valence-corrected chi connectivity index (χ3v) is 5.69. The minimum atomic E-state index is 0.729. The number of anilines is 1. The standard InChI is InChI=1S/C20H26N2/c1-13-8-15(3)20(16(4)9-13)21-11-17-10-14(2)18-6-5-7-19(18)22(17)12-21/h8-11,18-19H,5-7,12H2,1-4H3. The van der Waals surface area contributed by atoms with Crippen LogP contribution in [0.5, 0.6) is 0 Å². The van der Waals surface area contributed by atoms with Gasteiger partial charge < -0.3 is 9.80 Å². The van der Waals surface area contributed by atoms with Crippen LogP contribution >= 0.6 is 0 Å². The predicted molar refractivity (Wildman–Crippen MR) is 92.8 cm³/mol. The molecule has 0 aromatic heterocycles. The highest BCUT2D eigenvalue weighted by Gasteiger charge is 2.40. The topological polar surface area (TPSA) is 6.48 Å². The van der Waals surface area contributed by atoms with E-state index in [1.807, 2.05) is 0 Å². The molecule has 2 unspecified atom stereocenters. The average molecular weight is 294 g/mol. The van der Waals surface area contributed by atoms with Crippen molar-refractivity contribution in [2.75, 3.05) is 11.6 Å². The number of benzene rings is 1. The molecule has 1 saturated carbocycles. The number of nitrogens with zero attached hydrogens (tertiary/aromatic N) is 2. The Labute approximate surface area is 134 Å². The summed E-state index contributed by atoms with van der Waals surface area (Å²) >= 11 is 0. The SMILES string of the molecule is CC1=CC2=CN(c3c(C)cc(C)cc3C)CN2C2CCCC12. The number of hydrogen-bond donors (Lipinski definition) is 0. The fourth-order valence-corrected chi connectivity index (χ4v) is 4.88. The smallest absolute Gasteiger partial charge is 0.0950 e. The molecule has 0 N–H and O–H groups in total. The van der Waals surface area contributed by atoms with Crippen LogP contribution in [-0.2, 0) is 0 Å². The molecule has 2 atom stereocenters. The Morgan fingerprint density at radius 2 is 1.73 bits per heavy atom. The summed E-state index contributed by atoms with van der Waals surface area (Å²) in [5.41, 5.74) is 8.53. The summed E-state index contributed by atoms with van der Waals surface area (Å²) in [5, 5.41) is 0. The van der Waals surface area contributed by atoms with Crippen molar-refractivity contribution >= 4 is 5.69 Å². The van der Waals surface area contributed by atoms with Crippen LogP contribution in [0.1, 0.15) is 42.9 Å². The van der Waals surface area contributed by atoms with Gasteiger partial charge in [0.15, 0.2) is 0 Å². The van der Waals surface area contributed by atoms with E-state index in [4.69, 9.17) is 0 Å². The van der Waals surface area contributed by atoms with Gasteiger partial charge in [0.25, 0.3) is 0 Å². The highest BCUT2D eigenvalue weighted by molar-refractivity contribution is 5.63. The maximum absolute atomic E-state index is 2.64. The number of aryl methyl sites for hydroxylation is 3. The van der Waals surface area contributed by atoms with Gasteiger partial charge in [0.2, 0.25) is 0 Å². The van der Waals surface area contributed by atoms with Crippen LogP contribution in [-0.4, -0.2) is 17.6 Å². The monoisotopic (exact) mass is 294 g/mol. The average Bonchev–Trinajstić information content (AvgIpc) is 3.03. The maximum atomic E-state index is 2.64. The summed E-state index contributed by atoms with van der Waals surface area (Å²) < 4.78 is 0. The van der Waals surface area contributed by atoms with Gasteiger partial charge in [-0.25, -0.2) is 0 Å². The van der Waals surface area contributed by atoms with Gasteiger partial charge in [-0.1, -0.05) is 29.7 Å². The zero-order chi connectivity index (χ0) is 15.4. The molecular formula is C20H26N2. The predicted octanol–water partition coefficient (Wildman–Crippen LogP) is 4.66. The van der Waals surface area contributed by atoms with Gasteiger partial charge in [-0.2, -0.15) is 0 Å². The van der Waals surface area contributed by atoms with E-state index in [0.29, 0.717) is 0 Å². The van der Waals surface area contributed by atoms with Crippen molar-refractivity contribution in [2.24, 2.45) is 5.92 Å². The third-order valence-electron chi connectivity index (χ3n) is 5.69. The van der Waals surface area contributed by atoms with Crippen molar-refractivity contribution in [2.45, 2.75) is 53.0 Å². The lowest BCUT2D eigenvalue weighted by molar-refractivity contribution is 0.235. The van der Waals surface area contributed by atoms with Gasteiger partial charge in [-0.3, -0.25) is 0 Å². The lowest BCUT2D eigenvalue weighted by atomic mass is 9.90. The van der Waals surface area contributed by atoms with Gasteiger partial charge >= 0.3 is 0 Å². The van der Waals surface area contributed by atoms with E-state index >= 15 is 0 Å². The summed E-state index contributed by atoms with van der Waals surface area (Å²) in [7, 11) is 0. The Morgan fingerprint density at radius 3 is 2.45 bits per heavy atom. The van der Waals surface area contributed by atoms with Gasteiger partial charge in [0.1, 0.15) is 0 Å². The molecule has 0 bridgehead atoms. The van der Waals surface area contributed by atoms with Crippen molar-refractivity contribution in [3.05, 3.63) is 52.4 Å². The molecule has 1 fully saturated rings. The minimum Gasteiger partial charge on any atom is -0.349 e. The summed E-state index contributed by atoms with van der Waals surface area (Å²) in [4.78, 5) is 5.10. The molecule has 4 rings (SSSR count). The fourth-order valence-electron chi connectivity index (χ4n) is 4.88. The van der Waals surface area contributed by atoms with Gasteiger partial charge in [-0.05, 0) is 57.7 Å². The first kappa shape index (κ1) is 13.9. The second-order valence-electron chi connectivity index (χ2n) is 7.38. The van der Waals surface area contributed by atoms with E-state index in [0.717, 1.165) is 18.6 Å². The van der Waals surface area contributed by atoms with E-state index < -0.39 is 0 Å². The quantitative estimate of drug-likeness (QED) is 0.743. The molecular weight excluding hydrogens is 268 g/mol. The highest BCUT2D eigenvalue weighted by atomic mass is 15.4. The zero-order valence-corrected chi connectivity index (χ0v) is 14.2. The Balaban J connectivity index is 1.72. The molecule has 116 valence electrons. The van der Waals surface area contributed by atoms with Crippen LogP contribution in [0.3, 0.4) is 0 Å². The maximum Gasteiger partial charge on any atom is 0.0950 e. The minimum absolute atomic E-state index is 0.729. The van der Waals surface area contributed by atoms with E-state index in [9.17, 15) is 0 Å². The Hall–Kier alpha value is -1.70. The number of hydrogen-bond acceptors (Lipinski definition) is 2. The van der Waals surface area contributed by atoms with Crippen molar-refractivity contribution in [1.82, 2.24) is 4.90 Å². The molecule has 0 amide bonds. The van der Waals surface area contributed by atoms with Crippen molar-refractivity contribution in [3.8, 4) is 0 Å². The van der Waals surface area contributed by atoms with Gasteiger partial charge in [0, 0.05) is 23.8 Å². The lowest BCUT2D eigenvalue weighted by Gasteiger charge is -2.37. The third kappa shape index (κ3) is 2.00. The summed E-state index contributed by atoms with van der Waals surface area (Å²) in [6, 6.07) is 5.34. The largest absolute Gasteiger partial charge is 0.349 e. The van der Waals surface area contributed by atoms with Crippen LogP contribution in [0.2, 0.25) is 0 Å². The first-order valence-corrected chi connectivity index (χ1v) is 8.56. The first-order chi connectivity index (χ1) is 10.5. The first-order valence-electron chi connectivity index (χ1n) is 8.56. The number of allylic oxidation sites excluding steroid dienone is 1. The molecule has 2 aliphatic heterocycles. The second-order valence-corrected chi connectivity index (χ2v) is 7.38. The molecule has 22 heavy (non-hydrogen) atoms. The molecule has 2 heterocycles. The highest BCUT2D eigenvalue weighted by Crippen LogP contribution is 2.43. The Bertz CT molecular complexity index is 660. The molecule has 2 nitrogen and oxygen atoms in total. The van der Waals surface area contributed by atoms with Crippen LogP contribution < -0.4 is 4.90 Å². The number of fused-ring (bicyclic) bond motifs is 3. The molecule has 0 spiro atoms. The van der Waals surface area contributed by atoms with E-state index in [1.165, 1.54) is 47.3 Å². The normalized spacial score (nSPS) is 26.7. The van der Waals surface area contributed by atoms with Crippen LogP contribution in [0.4, 0.5) is 5.69 Å². The molecule has 1 aromatic rings. The molecule has 3 aliphatic rings. The van der Waals surface area contributed by atoms with E-state index in [2.05, 4.69) is 61.9 Å². The zero-order valence-electron chi connectivity index (χ0n) is 14.2. The lowest BCUT2D eigenvalue weighted by Crippen LogP contribution is -2.41. The molecule has 1 aromatic carbocycles. The second kappa shape index (κ2) is 4.91. The van der Waals surface area contributed by atoms with E-state index in [-0.39, 0.29) is 0 Å². The van der Waals surface area contributed by atoms with Crippen molar-refractivity contribution in [3.63, 3.8) is 0 Å². The molecule has 0 saturated heterocycles. The molecule has 2 heteroatoms.